The first-order valence-corrected chi connectivity index (χ1v) is 11.7. The summed E-state index contributed by atoms with van der Waals surface area (Å²) in [6.45, 7) is 4.94. The summed E-state index contributed by atoms with van der Waals surface area (Å²) in [6, 6.07) is 21.6. The number of benzene rings is 3. The van der Waals surface area contributed by atoms with Gasteiger partial charge in [-0.3, -0.25) is 9.59 Å². The summed E-state index contributed by atoms with van der Waals surface area (Å²) in [5.41, 5.74) is 2.08. The lowest BCUT2D eigenvalue weighted by molar-refractivity contribution is -0.141. The van der Waals surface area contributed by atoms with Crippen molar-refractivity contribution in [1.82, 2.24) is 10.2 Å². The Morgan fingerprint density at radius 3 is 2.52 bits per heavy atom. The van der Waals surface area contributed by atoms with Crippen molar-refractivity contribution in [2.24, 2.45) is 0 Å². The van der Waals surface area contributed by atoms with Crippen LogP contribution in [-0.4, -0.2) is 36.4 Å². The minimum absolute atomic E-state index is 0.0238. The minimum atomic E-state index is -0.511. The topological polar surface area (TPSA) is 58.6 Å². The molecule has 33 heavy (non-hydrogen) atoms. The highest BCUT2D eigenvalue weighted by atomic mass is 16.5. The number of carbonyl (C=O) groups is 2. The predicted octanol–water partition coefficient (Wildman–Crippen LogP) is 5.11. The fourth-order valence-electron chi connectivity index (χ4n) is 4.15. The van der Waals surface area contributed by atoms with Gasteiger partial charge < -0.3 is 15.0 Å². The Hall–Kier alpha value is -3.34. The van der Waals surface area contributed by atoms with Crippen LogP contribution in [-0.2, 0) is 22.6 Å². The van der Waals surface area contributed by atoms with Crippen LogP contribution in [0.3, 0.4) is 0 Å². The van der Waals surface area contributed by atoms with E-state index in [1.54, 1.807) is 12.0 Å². The third-order valence-electron chi connectivity index (χ3n) is 5.91. The number of methoxy groups -OCH3 is 1. The Morgan fingerprint density at radius 1 is 1.00 bits per heavy atom. The zero-order chi connectivity index (χ0) is 23.6. The lowest BCUT2D eigenvalue weighted by Gasteiger charge is -2.31. The molecule has 3 aromatic rings. The molecule has 5 heteroatoms. The number of ether oxygens (including phenoxy) is 1. The van der Waals surface area contributed by atoms with Gasteiger partial charge >= 0.3 is 0 Å². The molecule has 1 atom stereocenters. The normalized spacial score (nSPS) is 11.7. The molecule has 0 aliphatic rings. The van der Waals surface area contributed by atoms with Crippen molar-refractivity contribution in [2.45, 2.75) is 52.1 Å². The molecule has 174 valence electrons. The Bertz CT molecular complexity index is 1070. The molecule has 0 saturated heterocycles. The van der Waals surface area contributed by atoms with Crippen molar-refractivity contribution in [3.05, 3.63) is 77.9 Å². The van der Waals surface area contributed by atoms with Crippen LogP contribution in [0.4, 0.5) is 0 Å². The molecule has 0 aliphatic carbocycles. The molecule has 2 amide bonds. The van der Waals surface area contributed by atoms with Crippen LogP contribution in [0.15, 0.2) is 66.7 Å². The molecule has 0 radical (unpaired) electrons. The van der Waals surface area contributed by atoms with Crippen molar-refractivity contribution < 1.29 is 14.3 Å². The first kappa shape index (κ1) is 24.3. The van der Waals surface area contributed by atoms with Gasteiger partial charge in [-0.15, -0.1) is 0 Å². The molecule has 0 bridgehead atoms. The number of amides is 2. The van der Waals surface area contributed by atoms with Crippen LogP contribution in [0.1, 0.15) is 44.2 Å². The van der Waals surface area contributed by atoms with Gasteiger partial charge in [-0.2, -0.15) is 0 Å². The van der Waals surface area contributed by atoms with Crippen LogP contribution in [0, 0.1) is 0 Å². The van der Waals surface area contributed by atoms with E-state index in [1.807, 2.05) is 56.3 Å². The Morgan fingerprint density at radius 2 is 1.76 bits per heavy atom. The largest absolute Gasteiger partial charge is 0.497 e. The number of fused-ring (bicyclic) bond motifs is 1. The number of hydrogen-bond donors (Lipinski definition) is 1. The maximum Gasteiger partial charge on any atom is 0.242 e. The highest BCUT2D eigenvalue weighted by molar-refractivity contribution is 5.89. The van der Waals surface area contributed by atoms with E-state index >= 15 is 0 Å². The maximum atomic E-state index is 13.5. The van der Waals surface area contributed by atoms with E-state index in [2.05, 4.69) is 29.6 Å². The summed E-state index contributed by atoms with van der Waals surface area (Å²) in [6.07, 6.45) is 2.38. The summed E-state index contributed by atoms with van der Waals surface area (Å²) in [5, 5.41) is 5.30. The zero-order valence-corrected chi connectivity index (χ0v) is 19.8. The monoisotopic (exact) mass is 446 g/mol. The van der Waals surface area contributed by atoms with E-state index in [0.29, 0.717) is 32.4 Å². The Kier molecular flexibility index (Phi) is 8.87. The Balaban J connectivity index is 1.83. The molecule has 0 unspecified atom stereocenters. The quantitative estimate of drug-likeness (QED) is 0.445. The lowest BCUT2D eigenvalue weighted by atomic mass is 10.00. The summed E-state index contributed by atoms with van der Waals surface area (Å²) in [7, 11) is 1.62. The highest BCUT2D eigenvalue weighted by Gasteiger charge is 2.28. The van der Waals surface area contributed by atoms with Crippen molar-refractivity contribution >= 4 is 22.6 Å². The van der Waals surface area contributed by atoms with E-state index in [-0.39, 0.29) is 11.8 Å². The van der Waals surface area contributed by atoms with Gasteiger partial charge in [-0.05, 0) is 53.3 Å². The van der Waals surface area contributed by atoms with Crippen molar-refractivity contribution in [1.29, 1.82) is 0 Å². The Labute approximate surface area is 196 Å². The van der Waals surface area contributed by atoms with Crippen molar-refractivity contribution in [3.8, 4) is 5.75 Å². The van der Waals surface area contributed by atoms with E-state index in [0.717, 1.165) is 23.3 Å². The summed E-state index contributed by atoms with van der Waals surface area (Å²) in [4.78, 5) is 28.1. The van der Waals surface area contributed by atoms with Gasteiger partial charge in [0, 0.05) is 19.5 Å². The van der Waals surface area contributed by atoms with Gasteiger partial charge in [0.2, 0.25) is 11.8 Å². The molecule has 0 aliphatic heterocycles. The fourth-order valence-corrected chi connectivity index (χ4v) is 4.15. The fraction of sp³-hybridized carbons (Fsp3) is 0.357. The highest BCUT2D eigenvalue weighted by Crippen LogP contribution is 2.22. The van der Waals surface area contributed by atoms with Crippen LogP contribution in [0.5, 0.6) is 5.75 Å². The first-order valence-electron chi connectivity index (χ1n) is 11.7. The second-order valence-electron chi connectivity index (χ2n) is 8.23. The molecule has 0 spiro atoms. The van der Waals surface area contributed by atoms with Gasteiger partial charge in [0.05, 0.1) is 7.11 Å². The molecule has 0 fully saturated rings. The number of carbonyl (C=O) groups excluding carboxylic acids is 2. The van der Waals surface area contributed by atoms with Crippen LogP contribution in [0.2, 0.25) is 0 Å². The average molecular weight is 447 g/mol. The van der Waals surface area contributed by atoms with Gasteiger partial charge in [-0.25, -0.2) is 0 Å². The van der Waals surface area contributed by atoms with Crippen LogP contribution in [0.25, 0.3) is 10.8 Å². The predicted molar refractivity (Wildman–Crippen MR) is 133 cm³/mol. The first-order chi connectivity index (χ1) is 16.1. The zero-order valence-electron chi connectivity index (χ0n) is 19.8. The number of aryl methyl sites for hydroxylation is 1. The number of hydrogen-bond acceptors (Lipinski definition) is 3. The third-order valence-corrected chi connectivity index (χ3v) is 5.91. The van der Waals surface area contributed by atoms with E-state index in [4.69, 9.17) is 4.74 Å². The molecule has 1 N–H and O–H groups in total. The molecule has 0 heterocycles. The SMILES string of the molecule is CCCNC(=O)[C@@H](CC)N(Cc1cccc(OC)c1)C(=O)CCc1cccc2ccccc12. The van der Waals surface area contributed by atoms with E-state index < -0.39 is 6.04 Å². The van der Waals surface area contributed by atoms with Crippen molar-refractivity contribution in [3.63, 3.8) is 0 Å². The molecule has 5 nitrogen and oxygen atoms in total. The van der Waals surface area contributed by atoms with Crippen LogP contribution < -0.4 is 10.1 Å². The molecule has 3 aromatic carbocycles. The third kappa shape index (κ3) is 6.35. The summed E-state index contributed by atoms with van der Waals surface area (Å²) in [5.74, 6) is 0.615. The standard InChI is InChI=1S/C28H34N2O3/c1-4-18-29-28(32)26(5-2)30(20-21-10-8-14-24(19-21)33-3)27(31)17-16-23-13-9-12-22-11-6-7-15-25(22)23/h6-15,19,26H,4-5,16-18,20H2,1-3H3,(H,29,32)/t26-/m1/s1. The van der Waals surface area contributed by atoms with Crippen molar-refractivity contribution in [2.75, 3.05) is 13.7 Å². The summed E-state index contributed by atoms with van der Waals surface area (Å²) < 4.78 is 5.35. The second-order valence-corrected chi connectivity index (χ2v) is 8.23. The van der Waals surface area contributed by atoms with Gasteiger partial charge in [-0.1, -0.05) is 68.4 Å². The minimum Gasteiger partial charge on any atom is -0.497 e. The van der Waals surface area contributed by atoms with Gasteiger partial charge in [0.25, 0.3) is 0 Å². The maximum absolute atomic E-state index is 13.5. The number of nitrogens with one attached hydrogen (secondary N) is 1. The molecule has 0 saturated carbocycles. The van der Waals surface area contributed by atoms with Crippen LogP contribution >= 0.6 is 0 Å². The smallest absolute Gasteiger partial charge is 0.242 e. The lowest BCUT2D eigenvalue weighted by Crippen LogP contribution is -2.49. The number of rotatable bonds is 11. The number of nitrogens with zero attached hydrogens (tertiary/aromatic N) is 1. The van der Waals surface area contributed by atoms with Gasteiger partial charge in [0.1, 0.15) is 11.8 Å². The average Bonchev–Trinajstić information content (AvgIpc) is 2.85. The molecule has 0 aromatic heterocycles. The second kappa shape index (κ2) is 12.0. The van der Waals surface area contributed by atoms with E-state index in [1.165, 1.54) is 10.8 Å². The molecule has 3 rings (SSSR count). The molecular formula is C28H34N2O3. The molecular weight excluding hydrogens is 412 g/mol. The summed E-state index contributed by atoms with van der Waals surface area (Å²) >= 11 is 0. The van der Waals surface area contributed by atoms with E-state index in [9.17, 15) is 9.59 Å². The van der Waals surface area contributed by atoms with Gasteiger partial charge in [0.15, 0.2) is 0 Å².